The molecular formula is C17H19ClN2. The van der Waals surface area contributed by atoms with E-state index < -0.39 is 0 Å². The molecular weight excluding hydrogens is 268 g/mol. The zero-order chi connectivity index (χ0) is 14.3. The molecule has 2 aromatic rings. The van der Waals surface area contributed by atoms with Gasteiger partial charge in [0, 0.05) is 16.8 Å². The van der Waals surface area contributed by atoms with E-state index >= 15 is 0 Å². The molecule has 1 aliphatic rings. The standard InChI is InChI=1S/C17H19ClN2/c1-10(2)15-11(3)19-17(20-16(15)18)14-6-4-5-13(9-14)12-7-8-12/h4-6,9-10,12H,7-8H2,1-3H3. The third-order valence-electron chi connectivity index (χ3n) is 3.86. The zero-order valence-corrected chi connectivity index (χ0v) is 12.9. The highest BCUT2D eigenvalue weighted by molar-refractivity contribution is 6.30. The largest absolute Gasteiger partial charge is 0.233 e. The second kappa shape index (κ2) is 5.17. The van der Waals surface area contributed by atoms with Gasteiger partial charge >= 0.3 is 0 Å². The summed E-state index contributed by atoms with van der Waals surface area (Å²) in [6, 6.07) is 8.55. The van der Waals surface area contributed by atoms with E-state index in [1.807, 2.05) is 6.92 Å². The topological polar surface area (TPSA) is 25.8 Å². The maximum Gasteiger partial charge on any atom is 0.161 e. The molecule has 0 aliphatic heterocycles. The summed E-state index contributed by atoms with van der Waals surface area (Å²) in [5.41, 5.74) is 4.49. The number of halogens is 1. The van der Waals surface area contributed by atoms with Crippen molar-refractivity contribution in [1.82, 2.24) is 9.97 Å². The Morgan fingerprint density at radius 1 is 1.20 bits per heavy atom. The van der Waals surface area contributed by atoms with E-state index in [0.29, 0.717) is 11.1 Å². The van der Waals surface area contributed by atoms with Crippen molar-refractivity contribution in [2.75, 3.05) is 0 Å². The third-order valence-corrected chi connectivity index (χ3v) is 4.15. The smallest absolute Gasteiger partial charge is 0.161 e. The summed E-state index contributed by atoms with van der Waals surface area (Å²) < 4.78 is 0. The lowest BCUT2D eigenvalue weighted by molar-refractivity contribution is 0.831. The molecule has 3 rings (SSSR count). The van der Waals surface area contributed by atoms with Crippen LogP contribution in [0.1, 0.15) is 55.3 Å². The van der Waals surface area contributed by atoms with Crippen LogP contribution in [-0.4, -0.2) is 9.97 Å². The van der Waals surface area contributed by atoms with Crippen LogP contribution in [0.5, 0.6) is 0 Å². The fourth-order valence-corrected chi connectivity index (χ4v) is 3.12. The predicted molar refractivity (Wildman–Crippen MR) is 83.3 cm³/mol. The van der Waals surface area contributed by atoms with Crippen molar-refractivity contribution in [3.63, 3.8) is 0 Å². The van der Waals surface area contributed by atoms with Crippen molar-refractivity contribution < 1.29 is 0 Å². The van der Waals surface area contributed by atoms with Gasteiger partial charge in [-0.2, -0.15) is 0 Å². The van der Waals surface area contributed by atoms with Crippen molar-refractivity contribution in [2.45, 2.75) is 45.4 Å². The molecule has 0 bridgehead atoms. The van der Waals surface area contributed by atoms with Gasteiger partial charge in [0.1, 0.15) is 5.15 Å². The molecule has 3 heteroatoms. The van der Waals surface area contributed by atoms with Gasteiger partial charge in [-0.25, -0.2) is 9.97 Å². The van der Waals surface area contributed by atoms with Crippen LogP contribution in [0.15, 0.2) is 24.3 Å². The molecule has 2 nitrogen and oxygen atoms in total. The lowest BCUT2D eigenvalue weighted by Gasteiger charge is -2.12. The molecule has 0 spiro atoms. The molecule has 0 atom stereocenters. The van der Waals surface area contributed by atoms with Gasteiger partial charge in [0.25, 0.3) is 0 Å². The molecule has 1 aromatic heterocycles. The van der Waals surface area contributed by atoms with E-state index in [1.165, 1.54) is 18.4 Å². The lowest BCUT2D eigenvalue weighted by Crippen LogP contribution is -2.02. The summed E-state index contributed by atoms with van der Waals surface area (Å²) in [6.07, 6.45) is 2.60. The molecule has 1 fully saturated rings. The molecule has 20 heavy (non-hydrogen) atoms. The molecule has 0 N–H and O–H groups in total. The number of aromatic nitrogens is 2. The maximum absolute atomic E-state index is 6.34. The van der Waals surface area contributed by atoms with E-state index in [1.54, 1.807) is 0 Å². The number of nitrogens with zero attached hydrogens (tertiary/aromatic N) is 2. The first-order valence-electron chi connectivity index (χ1n) is 7.20. The quantitative estimate of drug-likeness (QED) is 0.733. The Morgan fingerprint density at radius 3 is 2.55 bits per heavy atom. The summed E-state index contributed by atoms with van der Waals surface area (Å²) in [5, 5.41) is 0.583. The van der Waals surface area contributed by atoms with Gasteiger partial charge in [-0.1, -0.05) is 43.6 Å². The maximum atomic E-state index is 6.34. The van der Waals surface area contributed by atoms with Gasteiger partial charge in [-0.3, -0.25) is 0 Å². The number of aryl methyl sites for hydroxylation is 1. The van der Waals surface area contributed by atoms with Crippen LogP contribution in [0.3, 0.4) is 0 Å². The fraction of sp³-hybridized carbons (Fsp3) is 0.412. The Labute approximate surface area is 125 Å². The fourth-order valence-electron chi connectivity index (χ4n) is 2.68. The van der Waals surface area contributed by atoms with Crippen LogP contribution in [0.4, 0.5) is 0 Å². The van der Waals surface area contributed by atoms with E-state index in [9.17, 15) is 0 Å². The Balaban J connectivity index is 2.04. The highest BCUT2D eigenvalue weighted by Crippen LogP contribution is 2.41. The molecule has 1 aromatic carbocycles. The number of hydrogen-bond donors (Lipinski definition) is 0. The Hall–Kier alpha value is -1.41. The monoisotopic (exact) mass is 286 g/mol. The summed E-state index contributed by atoms with van der Waals surface area (Å²) in [5.74, 6) is 1.82. The van der Waals surface area contributed by atoms with Crippen LogP contribution in [0.25, 0.3) is 11.4 Å². The van der Waals surface area contributed by atoms with Gasteiger partial charge in [-0.15, -0.1) is 0 Å². The van der Waals surface area contributed by atoms with Crippen LogP contribution in [0.2, 0.25) is 5.15 Å². The summed E-state index contributed by atoms with van der Waals surface area (Å²) in [6.45, 7) is 6.24. The summed E-state index contributed by atoms with van der Waals surface area (Å²) in [4.78, 5) is 9.15. The van der Waals surface area contributed by atoms with Crippen LogP contribution in [-0.2, 0) is 0 Å². The van der Waals surface area contributed by atoms with E-state index in [-0.39, 0.29) is 0 Å². The molecule has 1 heterocycles. The molecule has 0 radical (unpaired) electrons. The molecule has 1 aliphatic carbocycles. The Kier molecular flexibility index (Phi) is 3.51. The first kappa shape index (κ1) is 13.6. The second-order valence-electron chi connectivity index (χ2n) is 5.89. The highest BCUT2D eigenvalue weighted by atomic mass is 35.5. The highest BCUT2D eigenvalue weighted by Gasteiger charge is 2.24. The minimum Gasteiger partial charge on any atom is -0.233 e. The van der Waals surface area contributed by atoms with E-state index in [0.717, 1.165) is 28.6 Å². The number of benzene rings is 1. The minimum absolute atomic E-state index is 0.342. The van der Waals surface area contributed by atoms with Gasteiger partial charge in [-0.05, 0) is 43.2 Å². The van der Waals surface area contributed by atoms with Crippen molar-refractivity contribution in [3.05, 3.63) is 46.2 Å². The minimum atomic E-state index is 0.342. The Morgan fingerprint density at radius 2 is 1.95 bits per heavy atom. The van der Waals surface area contributed by atoms with Crippen molar-refractivity contribution in [3.8, 4) is 11.4 Å². The van der Waals surface area contributed by atoms with Crippen molar-refractivity contribution in [1.29, 1.82) is 0 Å². The van der Waals surface area contributed by atoms with Crippen LogP contribution >= 0.6 is 11.6 Å². The summed E-state index contributed by atoms with van der Waals surface area (Å²) in [7, 11) is 0. The average Bonchev–Trinajstić information content (AvgIpc) is 3.21. The SMILES string of the molecule is Cc1nc(-c2cccc(C3CC3)c2)nc(Cl)c1C(C)C. The van der Waals surface area contributed by atoms with Gasteiger partial charge in [0.15, 0.2) is 5.82 Å². The van der Waals surface area contributed by atoms with E-state index in [4.69, 9.17) is 11.6 Å². The molecule has 0 amide bonds. The zero-order valence-electron chi connectivity index (χ0n) is 12.2. The normalized spacial score (nSPS) is 14.8. The lowest BCUT2D eigenvalue weighted by atomic mass is 10.0. The van der Waals surface area contributed by atoms with Gasteiger partial charge in [0.05, 0.1) is 0 Å². The third kappa shape index (κ3) is 2.57. The number of rotatable bonds is 3. The summed E-state index contributed by atoms with van der Waals surface area (Å²) >= 11 is 6.34. The predicted octanol–water partition coefficient (Wildman–Crippen LogP) is 5.11. The van der Waals surface area contributed by atoms with Crippen LogP contribution < -0.4 is 0 Å². The molecule has 0 unspecified atom stereocenters. The van der Waals surface area contributed by atoms with E-state index in [2.05, 4.69) is 48.1 Å². The average molecular weight is 287 g/mol. The second-order valence-corrected chi connectivity index (χ2v) is 6.25. The van der Waals surface area contributed by atoms with Crippen molar-refractivity contribution >= 4 is 11.6 Å². The van der Waals surface area contributed by atoms with Crippen LogP contribution in [0, 0.1) is 6.92 Å². The van der Waals surface area contributed by atoms with Gasteiger partial charge in [0.2, 0.25) is 0 Å². The first-order chi connectivity index (χ1) is 9.56. The molecule has 1 saturated carbocycles. The first-order valence-corrected chi connectivity index (χ1v) is 7.58. The Bertz CT molecular complexity index is 622. The van der Waals surface area contributed by atoms with Crippen molar-refractivity contribution in [2.24, 2.45) is 0 Å². The van der Waals surface area contributed by atoms with Gasteiger partial charge < -0.3 is 0 Å². The molecule has 0 saturated heterocycles. The molecule has 104 valence electrons. The number of hydrogen-bond acceptors (Lipinski definition) is 2.